The van der Waals surface area contributed by atoms with Crippen LogP contribution in [-0.2, 0) is 10.0 Å². The van der Waals surface area contributed by atoms with Gasteiger partial charge in [-0.2, -0.15) is 0 Å². The third-order valence-electron chi connectivity index (χ3n) is 5.62. The minimum atomic E-state index is -4.00. The largest absolute Gasteiger partial charge is 0.492 e. The zero-order chi connectivity index (χ0) is 25.0. The van der Waals surface area contributed by atoms with E-state index >= 15 is 0 Å². The van der Waals surface area contributed by atoms with Gasteiger partial charge in [-0.15, -0.1) is 0 Å². The minimum absolute atomic E-state index is 0.0255. The summed E-state index contributed by atoms with van der Waals surface area (Å²) in [6, 6.07) is 23.2. The molecule has 0 saturated carbocycles. The Balaban J connectivity index is 1.39. The van der Waals surface area contributed by atoms with Crippen molar-refractivity contribution in [3.05, 3.63) is 101 Å². The molecule has 0 aliphatic carbocycles. The van der Waals surface area contributed by atoms with Gasteiger partial charge >= 0.3 is 0 Å². The van der Waals surface area contributed by atoms with Crippen LogP contribution < -0.4 is 14.8 Å². The number of carbonyl (C=O) groups excluding carboxylic acids is 1. The lowest BCUT2D eigenvalue weighted by Gasteiger charge is -2.13. The molecule has 0 aliphatic rings. The normalized spacial score (nSPS) is 11.3. The molecule has 0 radical (unpaired) electrons. The Morgan fingerprint density at radius 3 is 2.43 bits per heavy atom. The first-order chi connectivity index (χ1) is 16.7. The Bertz CT molecular complexity index is 1500. The summed E-state index contributed by atoms with van der Waals surface area (Å²) < 4.78 is 34.2. The third-order valence-corrected chi connectivity index (χ3v) is 7.48. The van der Waals surface area contributed by atoms with Crippen LogP contribution in [0.15, 0.2) is 83.8 Å². The van der Waals surface area contributed by atoms with E-state index in [-0.39, 0.29) is 28.6 Å². The van der Waals surface area contributed by atoms with Crippen molar-refractivity contribution in [3.8, 4) is 5.75 Å². The highest BCUT2D eigenvalue weighted by Crippen LogP contribution is 2.26. The molecule has 0 unspecified atom stereocenters. The summed E-state index contributed by atoms with van der Waals surface area (Å²) in [5, 5.41) is 4.96. The highest BCUT2D eigenvalue weighted by Gasteiger charge is 2.20. The van der Waals surface area contributed by atoms with Gasteiger partial charge < -0.3 is 10.1 Å². The maximum absolute atomic E-state index is 13.0. The predicted octanol–water partition coefficient (Wildman–Crippen LogP) is 5.72. The highest BCUT2D eigenvalue weighted by atomic mass is 35.5. The van der Waals surface area contributed by atoms with Gasteiger partial charge in [0.05, 0.1) is 11.6 Å². The van der Waals surface area contributed by atoms with E-state index in [9.17, 15) is 13.2 Å². The van der Waals surface area contributed by atoms with Crippen molar-refractivity contribution in [2.75, 3.05) is 17.9 Å². The van der Waals surface area contributed by atoms with Crippen LogP contribution in [0.2, 0.25) is 5.02 Å². The van der Waals surface area contributed by atoms with Gasteiger partial charge in [-0.25, -0.2) is 8.42 Å². The van der Waals surface area contributed by atoms with E-state index in [0.717, 1.165) is 21.9 Å². The Hall–Kier alpha value is -3.55. The van der Waals surface area contributed by atoms with Gasteiger partial charge in [0, 0.05) is 11.3 Å². The molecule has 0 aliphatic heterocycles. The Labute approximate surface area is 209 Å². The number of aryl methyl sites for hydroxylation is 2. The predicted molar refractivity (Wildman–Crippen MR) is 140 cm³/mol. The van der Waals surface area contributed by atoms with E-state index in [2.05, 4.69) is 10.0 Å². The van der Waals surface area contributed by atoms with Crippen molar-refractivity contribution >= 4 is 44.0 Å². The van der Waals surface area contributed by atoms with E-state index in [1.54, 1.807) is 12.1 Å². The Morgan fingerprint density at radius 1 is 0.886 bits per heavy atom. The lowest BCUT2D eigenvalue weighted by Crippen LogP contribution is -2.28. The maximum atomic E-state index is 13.0. The van der Waals surface area contributed by atoms with Crippen molar-refractivity contribution < 1.29 is 17.9 Å². The fourth-order valence-electron chi connectivity index (χ4n) is 3.56. The van der Waals surface area contributed by atoms with Crippen molar-refractivity contribution in [3.63, 3.8) is 0 Å². The van der Waals surface area contributed by atoms with Gasteiger partial charge in [-0.05, 0) is 78.2 Å². The number of hydrogen-bond donors (Lipinski definition) is 2. The number of ether oxygens (including phenoxy) is 1. The number of rotatable bonds is 8. The van der Waals surface area contributed by atoms with Crippen LogP contribution >= 0.6 is 11.6 Å². The van der Waals surface area contributed by atoms with Gasteiger partial charge in [0.15, 0.2) is 0 Å². The van der Waals surface area contributed by atoms with Crippen LogP contribution in [0.25, 0.3) is 10.8 Å². The summed E-state index contributed by atoms with van der Waals surface area (Å²) in [5.74, 6) is 0.279. The number of amides is 1. The topological polar surface area (TPSA) is 84.5 Å². The smallest absolute Gasteiger partial charge is 0.263 e. The number of hydrogen-bond acceptors (Lipinski definition) is 4. The summed E-state index contributed by atoms with van der Waals surface area (Å²) >= 11 is 6.17. The monoisotopic (exact) mass is 508 g/mol. The molecule has 4 rings (SSSR count). The first-order valence-corrected chi connectivity index (χ1v) is 12.9. The van der Waals surface area contributed by atoms with Gasteiger partial charge in [0.2, 0.25) is 0 Å². The van der Waals surface area contributed by atoms with Crippen LogP contribution in [0, 0.1) is 13.8 Å². The molecule has 35 heavy (non-hydrogen) atoms. The van der Waals surface area contributed by atoms with Crippen LogP contribution in [0.3, 0.4) is 0 Å². The number of benzene rings is 4. The second-order valence-electron chi connectivity index (χ2n) is 8.16. The van der Waals surface area contributed by atoms with Gasteiger partial charge in [0.25, 0.3) is 15.9 Å². The van der Waals surface area contributed by atoms with Crippen molar-refractivity contribution in [1.82, 2.24) is 5.32 Å². The first kappa shape index (κ1) is 24.6. The number of sulfonamides is 1. The molecule has 6 nitrogen and oxygen atoms in total. The molecule has 0 atom stereocenters. The first-order valence-electron chi connectivity index (χ1n) is 11.0. The van der Waals surface area contributed by atoms with Crippen LogP contribution in [0.1, 0.15) is 21.5 Å². The molecule has 4 aromatic carbocycles. The zero-order valence-corrected chi connectivity index (χ0v) is 20.9. The van der Waals surface area contributed by atoms with Crippen molar-refractivity contribution in [2.24, 2.45) is 0 Å². The van der Waals surface area contributed by atoms with Crippen LogP contribution in [-0.4, -0.2) is 27.5 Å². The van der Waals surface area contributed by atoms with Crippen molar-refractivity contribution in [2.45, 2.75) is 18.7 Å². The summed E-state index contributed by atoms with van der Waals surface area (Å²) in [6.07, 6.45) is 0. The van der Waals surface area contributed by atoms with E-state index in [1.165, 1.54) is 18.2 Å². The Kier molecular flexibility index (Phi) is 7.28. The van der Waals surface area contributed by atoms with E-state index in [4.69, 9.17) is 16.3 Å². The number of anilines is 1. The number of halogens is 1. The number of nitrogens with one attached hydrogen (secondary N) is 2. The molecule has 4 aromatic rings. The van der Waals surface area contributed by atoms with E-state index in [1.807, 2.05) is 62.4 Å². The van der Waals surface area contributed by atoms with Gasteiger partial charge in [-0.1, -0.05) is 48.0 Å². The minimum Gasteiger partial charge on any atom is -0.492 e. The SMILES string of the molecule is Cc1ccc(NS(=O)(=O)c2cc(C(=O)NCCOc3ccc4ccccc4c3)ccc2Cl)cc1C. The zero-order valence-electron chi connectivity index (χ0n) is 19.3. The maximum Gasteiger partial charge on any atom is 0.263 e. The van der Waals surface area contributed by atoms with Crippen LogP contribution in [0.4, 0.5) is 5.69 Å². The molecular formula is C27H25ClN2O4S. The lowest BCUT2D eigenvalue weighted by atomic mass is 10.1. The fraction of sp³-hybridized carbons (Fsp3) is 0.148. The van der Waals surface area contributed by atoms with Gasteiger partial charge in [0.1, 0.15) is 17.3 Å². The quantitative estimate of drug-likeness (QED) is 0.298. The molecule has 0 heterocycles. The molecule has 0 saturated heterocycles. The van der Waals surface area contributed by atoms with Crippen LogP contribution in [0.5, 0.6) is 5.75 Å². The highest BCUT2D eigenvalue weighted by molar-refractivity contribution is 7.92. The average molecular weight is 509 g/mol. The summed E-state index contributed by atoms with van der Waals surface area (Å²) in [4.78, 5) is 12.5. The molecule has 0 fully saturated rings. The number of fused-ring (bicyclic) bond motifs is 1. The summed E-state index contributed by atoms with van der Waals surface area (Å²) in [5.41, 5.74) is 2.61. The second-order valence-corrected chi connectivity index (χ2v) is 10.2. The standard InChI is InChI=1S/C27H25ClN2O4S/c1-18-7-10-23(15-19(18)2)30-35(32,33)26-17-22(9-12-25(26)28)27(31)29-13-14-34-24-11-8-20-5-3-4-6-21(20)16-24/h3-12,15-17,30H,13-14H2,1-2H3,(H,29,31). The fourth-order valence-corrected chi connectivity index (χ4v) is 5.13. The molecular weight excluding hydrogens is 484 g/mol. The average Bonchev–Trinajstić information content (AvgIpc) is 2.84. The van der Waals surface area contributed by atoms with E-state index in [0.29, 0.717) is 11.4 Å². The lowest BCUT2D eigenvalue weighted by molar-refractivity contribution is 0.0947. The molecule has 0 spiro atoms. The summed E-state index contributed by atoms with van der Waals surface area (Å²) in [7, 11) is -4.00. The number of carbonyl (C=O) groups is 1. The van der Waals surface area contributed by atoms with Crippen molar-refractivity contribution in [1.29, 1.82) is 0 Å². The molecule has 0 aromatic heterocycles. The third kappa shape index (κ3) is 5.93. The molecule has 180 valence electrons. The molecule has 8 heteroatoms. The summed E-state index contributed by atoms with van der Waals surface area (Å²) in [6.45, 7) is 4.35. The van der Waals surface area contributed by atoms with E-state index < -0.39 is 15.9 Å². The second kappa shape index (κ2) is 10.4. The Morgan fingerprint density at radius 2 is 1.66 bits per heavy atom. The molecule has 1 amide bonds. The molecule has 0 bridgehead atoms. The van der Waals surface area contributed by atoms with Gasteiger partial charge in [-0.3, -0.25) is 9.52 Å². The molecule has 2 N–H and O–H groups in total.